The Morgan fingerprint density at radius 3 is 2.22 bits per heavy atom. The fourth-order valence-electron chi connectivity index (χ4n) is 1.97. The maximum Gasteiger partial charge on any atom is 0.0958 e. The summed E-state index contributed by atoms with van der Waals surface area (Å²) in [6, 6.07) is 8.83. The average molecular weight is 259 g/mol. The standard InChI is InChI=1S/C16H21NS/c1-11(2)9-13-5-7-14(8-6-13)15-10-18-16(17-15)12(3)4/h5-8,10-12H,9H2,1-4H3. The molecule has 0 atom stereocenters. The highest BCUT2D eigenvalue weighted by Gasteiger charge is 2.07. The van der Waals surface area contributed by atoms with Gasteiger partial charge >= 0.3 is 0 Å². The summed E-state index contributed by atoms with van der Waals surface area (Å²) < 4.78 is 0. The molecule has 0 N–H and O–H groups in total. The number of aromatic nitrogens is 1. The molecule has 2 heteroatoms. The number of hydrogen-bond acceptors (Lipinski definition) is 2. The molecule has 0 spiro atoms. The van der Waals surface area contributed by atoms with Gasteiger partial charge in [0.2, 0.25) is 0 Å². The number of thiazole rings is 1. The van der Waals surface area contributed by atoms with Crippen LogP contribution in [0.3, 0.4) is 0 Å². The second kappa shape index (κ2) is 5.66. The molecule has 0 aliphatic heterocycles. The number of benzene rings is 1. The molecule has 0 amide bonds. The lowest BCUT2D eigenvalue weighted by Crippen LogP contribution is -1.93. The van der Waals surface area contributed by atoms with Crippen LogP contribution >= 0.6 is 11.3 Å². The van der Waals surface area contributed by atoms with Crippen LogP contribution in [-0.2, 0) is 6.42 Å². The number of nitrogens with zero attached hydrogens (tertiary/aromatic N) is 1. The first-order chi connectivity index (χ1) is 8.56. The molecule has 0 aliphatic rings. The monoisotopic (exact) mass is 259 g/mol. The molecule has 0 radical (unpaired) electrons. The van der Waals surface area contributed by atoms with Gasteiger partial charge in [-0.15, -0.1) is 11.3 Å². The minimum atomic E-state index is 0.518. The molecule has 0 saturated carbocycles. The van der Waals surface area contributed by atoms with Crippen molar-refractivity contribution in [3.63, 3.8) is 0 Å². The Labute approximate surface area is 114 Å². The predicted molar refractivity (Wildman–Crippen MR) is 80.2 cm³/mol. The third kappa shape index (κ3) is 3.20. The fourth-order valence-corrected chi connectivity index (χ4v) is 2.81. The molecule has 2 aromatic rings. The Hall–Kier alpha value is -1.15. The van der Waals surface area contributed by atoms with Crippen LogP contribution in [0.2, 0.25) is 0 Å². The van der Waals surface area contributed by atoms with E-state index in [0.717, 1.165) is 12.1 Å². The molecule has 96 valence electrons. The van der Waals surface area contributed by atoms with Crippen molar-refractivity contribution < 1.29 is 0 Å². The van der Waals surface area contributed by atoms with Crippen molar-refractivity contribution in [2.45, 2.75) is 40.0 Å². The van der Waals surface area contributed by atoms with Gasteiger partial charge in [-0.2, -0.15) is 0 Å². The lowest BCUT2D eigenvalue weighted by Gasteiger charge is -2.05. The summed E-state index contributed by atoms with van der Waals surface area (Å²) in [5.74, 6) is 1.23. The fraction of sp³-hybridized carbons (Fsp3) is 0.438. The first-order valence-corrected chi connectivity index (χ1v) is 7.49. The van der Waals surface area contributed by atoms with Crippen molar-refractivity contribution in [3.8, 4) is 11.3 Å². The summed E-state index contributed by atoms with van der Waals surface area (Å²) in [6.07, 6.45) is 1.15. The maximum absolute atomic E-state index is 4.69. The van der Waals surface area contributed by atoms with Crippen molar-refractivity contribution in [1.29, 1.82) is 0 Å². The first kappa shape index (κ1) is 13.3. The smallest absolute Gasteiger partial charge is 0.0958 e. The van der Waals surface area contributed by atoms with Gasteiger partial charge < -0.3 is 0 Å². The normalized spacial score (nSPS) is 11.4. The Balaban J connectivity index is 2.17. The molecule has 1 heterocycles. The van der Waals surface area contributed by atoms with Crippen LogP contribution in [0.4, 0.5) is 0 Å². The lowest BCUT2D eigenvalue weighted by atomic mass is 10.0. The van der Waals surface area contributed by atoms with Crippen LogP contribution < -0.4 is 0 Å². The van der Waals surface area contributed by atoms with E-state index < -0.39 is 0 Å². The zero-order valence-electron chi connectivity index (χ0n) is 11.6. The summed E-state index contributed by atoms with van der Waals surface area (Å²) in [5.41, 5.74) is 3.75. The van der Waals surface area contributed by atoms with E-state index in [9.17, 15) is 0 Å². The highest BCUT2D eigenvalue weighted by atomic mass is 32.1. The molecule has 0 unspecified atom stereocenters. The molecule has 18 heavy (non-hydrogen) atoms. The zero-order valence-corrected chi connectivity index (χ0v) is 12.4. The Morgan fingerprint density at radius 1 is 1.06 bits per heavy atom. The van der Waals surface area contributed by atoms with Crippen LogP contribution in [0.15, 0.2) is 29.6 Å². The van der Waals surface area contributed by atoms with Crippen molar-refractivity contribution in [3.05, 3.63) is 40.2 Å². The molecule has 1 aromatic carbocycles. The van der Waals surface area contributed by atoms with Crippen molar-refractivity contribution in [1.82, 2.24) is 4.98 Å². The molecule has 1 nitrogen and oxygen atoms in total. The SMILES string of the molecule is CC(C)Cc1ccc(-c2csc(C(C)C)n2)cc1. The second-order valence-corrected chi connectivity index (χ2v) is 6.41. The summed E-state index contributed by atoms with van der Waals surface area (Å²) in [4.78, 5) is 4.69. The lowest BCUT2D eigenvalue weighted by molar-refractivity contribution is 0.647. The van der Waals surface area contributed by atoms with E-state index in [4.69, 9.17) is 0 Å². The topological polar surface area (TPSA) is 12.9 Å². The van der Waals surface area contributed by atoms with Gasteiger partial charge in [-0.05, 0) is 17.9 Å². The summed E-state index contributed by atoms with van der Waals surface area (Å²) >= 11 is 1.76. The molecule has 2 rings (SSSR count). The van der Waals surface area contributed by atoms with Crippen LogP contribution in [-0.4, -0.2) is 4.98 Å². The zero-order chi connectivity index (χ0) is 13.1. The van der Waals surface area contributed by atoms with Gasteiger partial charge in [0.1, 0.15) is 0 Å². The van der Waals surface area contributed by atoms with Gasteiger partial charge in [0.05, 0.1) is 10.7 Å². The van der Waals surface area contributed by atoms with Gasteiger partial charge in [0.15, 0.2) is 0 Å². The van der Waals surface area contributed by atoms with E-state index in [-0.39, 0.29) is 0 Å². The van der Waals surface area contributed by atoms with Crippen LogP contribution in [0.25, 0.3) is 11.3 Å². The maximum atomic E-state index is 4.69. The Bertz CT molecular complexity index is 494. The average Bonchev–Trinajstić information content (AvgIpc) is 2.78. The largest absolute Gasteiger partial charge is 0.241 e. The summed E-state index contributed by atoms with van der Waals surface area (Å²) in [7, 11) is 0. The minimum absolute atomic E-state index is 0.518. The quantitative estimate of drug-likeness (QED) is 0.741. The third-order valence-corrected chi connectivity index (χ3v) is 4.05. The highest BCUT2D eigenvalue weighted by Crippen LogP contribution is 2.26. The summed E-state index contributed by atoms with van der Waals surface area (Å²) in [5, 5.41) is 3.38. The molecule has 0 saturated heterocycles. The summed E-state index contributed by atoms with van der Waals surface area (Å²) in [6.45, 7) is 8.88. The molecular formula is C16H21NS. The molecule has 0 fully saturated rings. The molecule has 0 aliphatic carbocycles. The molecule has 0 bridgehead atoms. The van der Waals surface area contributed by atoms with Gasteiger partial charge in [0.25, 0.3) is 0 Å². The van der Waals surface area contributed by atoms with Crippen LogP contribution in [0.5, 0.6) is 0 Å². The van der Waals surface area contributed by atoms with Gasteiger partial charge in [0, 0.05) is 16.9 Å². The van der Waals surface area contributed by atoms with E-state index in [1.54, 1.807) is 11.3 Å². The van der Waals surface area contributed by atoms with E-state index in [2.05, 4.69) is 62.3 Å². The van der Waals surface area contributed by atoms with E-state index >= 15 is 0 Å². The van der Waals surface area contributed by atoms with Gasteiger partial charge in [-0.3, -0.25) is 0 Å². The van der Waals surface area contributed by atoms with E-state index in [0.29, 0.717) is 11.8 Å². The van der Waals surface area contributed by atoms with Gasteiger partial charge in [-0.1, -0.05) is 52.0 Å². The Morgan fingerprint density at radius 2 is 1.72 bits per heavy atom. The second-order valence-electron chi connectivity index (χ2n) is 5.52. The number of hydrogen-bond donors (Lipinski definition) is 0. The van der Waals surface area contributed by atoms with Crippen molar-refractivity contribution in [2.75, 3.05) is 0 Å². The van der Waals surface area contributed by atoms with Crippen LogP contribution in [0, 0.1) is 5.92 Å². The van der Waals surface area contributed by atoms with E-state index in [1.807, 2.05) is 0 Å². The Kier molecular flexibility index (Phi) is 4.18. The van der Waals surface area contributed by atoms with Crippen LogP contribution in [0.1, 0.15) is 44.2 Å². The predicted octanol–water partition coefficient (Wildman–Crippen LogP) is 5.13. The number of rotatable bonds is 4. The minimum Gasteiger partial charge on any atom is -0.241 e. The third-order valence-electron chi connectivity index (χ3n) is 2.91. The van der Waals surface area contributed by atoms with Crippen molar-refractivity contribution in [2.24, 2.45) is 5.92 Å². The van der Waals surface area contributed by atoms with E-state index in [1.165, 1.54) is 16.1 Å². The van der Waals surface area contributed by atoms with Crippen molar-refractivity contribution >= 4 is 11.3 Å². The van der Waals surface area contributed by atoms with Gasteiger partial charge in [-0.25, -0.2) is 4.98 Å². The molecule has 1 aromatic heterocycles. The first-order valence-electron chi connectivity index (χ1n) is 6.61. The molecular weight excluding hydrogens is 238 g/mol. The highest BCUT2D eigenvalue weighted by molar-refractivity contribution is 7.10.